The Morgan fingerprint density at radius 3 is 2.73 bits per heavy atom. The van der Waals surface area contributed by atoms with Crippen LogP contribution in [0.15, 0.2) is 18.2 Å². The summed E-state index contributed by atoms with van der Waals surface area (Å²) in [4.78, 5) is 11.8. The van der Waals surface area contributed by atoms with Gasteiger partial charge in [0.2, 0.25) is 5.13 Å². The Kier molecular flexibility index (Phi) is 5.63. The van der Waals surface area contributed by atoms with E-state index in [1.54, 1.807) is 0 Å². The van der Waals surface area contributed by atoms with E-state index in [2.05, 4.69) is 28.5 Å². The highest BCUT2D eigenvalue weighted by Crippen LogP contribution is 2.22. The first kappa shape index (κ1) is 16.6. The Hall–Kier alpha value is -1.79. The maximum atomic E-state index is 11.8. The van der Waals surface area contributed by atoms with Crippen molar-refractivity contribution in [3.05, 3.63) is 39.9 Å². The van der Waals surface area contributed by atoms with E-state index < -0.39 is 0 Å². The van der Waals surface area contributed by atoms with Gasteiger partial charge in [-0.05, 0) is 25.0 Å². The van der Waals surface area contributed by atoms with E-state index in [9.17, 15) is 4.79 Å². The Labute approximate surface area is 134 Å². The highest BCUT2D eigenvalue weighted by Gasteiger charge is 2.10. The van der Waals surface area contributed by atoms with Crippen LogP contribution < -0.4 is 5.32 Å². The number of nitrogens with zero attached hydrogens (tertiary/aromatic N) is 2. The molecule has 0 aliphatic carbocycles. The van der Waals surface area contributed by atoms with Crippen LogP contribution in [0.2, 0.25) is 0 Å². The summed E-state index contributed by atoms with van der Waals surface area (Å²) in [7, 11) is 0. The molecule has 0 bridgehead atoms. The van der Waals surface area contributed by atoms with Gasteiger partial charge in [0.25, 0.3) is 5.91 Å². The Balaban J connectivity index is 1.80. The van der Waals surface area contributed by atoms with Gasteiger partial charge in [0.1, 0.15) is 11.6 Å². The summed E-state index contributed by atoms with van der Waals surface area (Å²) >= 11 is 1.39. The minimum absolute atomic E-state index is 0.00388. The molecule has 1 N–H and O–H groups in total. The Bertz CT molecular complexity index is 653. The van der Waals surface area contributed by atoms with Gasteiger partial charge in [-0.15, -0.1) is 10.2 Å². The lowest BCUT2D eigenvalue weighted by molar-refractivity contribution is -0.121. The lowest BCUT2D eigenvalue weighted by Crippen LogP contribution is -2.18. The fourth-order valence-electron chi connectivity index (χ4n) is 1.94. The summed E-state index contributed by atoms with van der Waals surface area (Å²) in [6.07, 6.45) is 0. The monoisotopic (exact) mass is 319 g/mol. The number of nitrogens with one attached hydrogen (secondary N) is 1. The second-order valence-corrected chi connectivity index (χ2v) is 6.58. The average Bonchev–Trinajstić information content (AvgIpc) is 2.90. The molecule has 2 aromatic rings. The van der Waals surface area contributed by atoms with Gasteiger partial charge in [0, 0.05) is 5.92 Å². The molecule has 2 rings (SSSR count). The van der Waals surface area contributed by atoms with Crippen molar-refractivity contribution >= 4 is 22.4 Å². The minimum Gasteiger partial charge on any atom is -0.367 e. The van der Waals surface area contributed by atoms with Crippen LogP contribution in [0.3, 0.4) is 0 Å². The molecule has 0 unspecified atom stereocenters. The molecule has 5 nitrogen and oxygen atoms in total. The first-order valence-electron chi connectivity index (χ1n) is 7.23. The van der Waals surface area contributed by atoms with Crippen molar-refractivity contribution in [2.45, 2.75) is 40.2 Å². The number of hydrogen-bond donors (Lipinski definition) is 1. The summed E-state index contributed by atoms with van der Waals surface area (Å²) in [5, 5.41) is 12.1. The van der Waals surface area contributed by atoms with E-state index >= 15 is 0 Å². The van der Waals surface area contributed by atoms with Gasteiger partial charge in [-0.2, -0.15) is 0 Å². The van der Waals surface area contributed by atoms with Gasteiger partial charge in [0.15, 0.2) is 0 Å². The van der Waals surface area contributed by atoms with Gasteiger partial charge in [-0.3, -0.25) is 10.1 Å². The molecule has 1 heterocycles. The summed E-state index contributed by atoms with van der Waals surface area (Å²) in [5.74, 6) is 0.0973. The minimum atomic E-state index is -0.212. The fraction of sp³-hybridized carbons (Fsp3) is 0.438. The highest BCUT2D eigenvalue weighted by atomic mass is 32.1. The van der Waals surface area contributed by atoms with Crippen LogP contribution in [0.4, 0.5) is 5.13 Å². The lowest BCUT2D eigenvalue weighted by atomic mass is 10.1. The SMILES string of the molecule is Cc1ccc(COCC(=O)Nc2nnc(C(C)C)s2)c(C)c1. The average molecular weight is 319 g/mol. The normalized spacial score (nSPS) is 11.0. The molecule has 22 heavy (non-hydrogen) atoms. The van der Waals surface area contributed by atoms with Crippen molar-refractivity contribution in [2.24, 2.45) is 0 Å². The van der Waals surface area contributed by atoms with Gasteiger partial charge in [-0.25, -0.2) is 0 Å². The standard InChI is InChI=1S/C16H21N3O2S/c1-10(2)15-18-19-16(22-15)17-14(20)9-21-8-13-6-5-11(3)7-12(13)4/h5-7,10H,8-9H2,1-4H3,(H,17,19,20). The number of carbonyl (C=O) groups excluding carboxylic acids is 1. The first-order chi connectivity index (χ1) is 10.5. The number of hydrogen-bond acceptors (Lipinski definition) is 5. The van der Waals surface area contributed by atoms with Crippen molar-refractivity contribution in [1.29, 1.82) is 0 Å². The third-order valence-electron chi connectivity index (χ3n) is 3.17. The molecule has 1 aromatic carbocycles. The van der Waals surface area contributed by atoms with Gasteiger partial charge in [0.05, 0.1) is 6.61 Å². The number of aromatic nitrogens is 2. The number of benzene rings is 1. The van der Waals surface area contributed by atoms with Crippen LogP contribution in [0.1, 0.15) is 41.5 Å². The molecule has 0 aliphatic heterocycles. The maximum absolute atomic E-state index is 11.8. The third-order valence-corrected chi connectivity index (χ3v) is 4.31. The van der Waals surface area contributed by atoms with Gasteiger partial charge >= 0.3 is 0 Å². The lowest BCUT2D eigenvalue weighted by Gasteiger charge is -2.07. The van der Waals surface area contributed by atoms with Crippen LogP contribution in [0, 0.1) is 13.8 Å². The maximum Gasteiger partial charge on any atom is 0.252 e. The van der Waals surface area contributed by atoms with Crippen molar-refractivity contribution in [3.8, 4) is 0 Å². The second kappa shape index (κ2) is 7.47. The summed E-state index contributed by atoms with van der Waals surface area (Å²) < 4.78 is 5.47. The molecule has 118 valence electrons. The number of ether oxygens (including phenoxy) is 1. The van der Waals surface area contributed by atoms with Crippen LogP contribution >= 0.6 is 11.3 Å². The molecular weight excluding hydrogens is 298 g/mol. The molecule has 0 radical (unpaired) electrons. The van der Waals surface area contributed by atoms with Gasteiger partial charge < -0.3 is 4.74 Å². The van der Waals surface area contributed by atoms with E-state index in [0.29, 0.717) is 17.7 Å². The second-order valence-electron chi connectivity index (χ2n) is 5.57. The summed E-state index contributed by atoms with van der Waals surface area (Å²) in [6.45, 7) is 8.61. The number of rotatable bonds is 6. The van der Waals surface area contributed by atoms with Crippen LogP contribution in [0.5, 0.6) is 0 Å². The zero-order valence-electron chi connectivity index (χ0n) is 13.3. The zero-order valence-corrected chi connectivity index (χ0v) is 14.2. The predicted octanol–water partition coefficient (Wildman–Crippen LogP) is 3.43. The van der Waals surface area contributed by atoms with E-state index in [1.165, 1.54) is 22.5 Å². The van der Waals surface area contributed by atoms with Crippen molar-refractivity contribution in [2.75, 3.05) is 11.9 Å². The molecule has 0 saturated carbocycles. The first-order valence-corrected chi connectivity index (χ1v) is 8.04. The molecule has 0 aliphatic rings. The molecule has 0 saturated heterocycles. The quantitative estimate of drug-likeness (QED) is 0.886. The molecule has 0 fully saturated rings. The fourth-order valence-corrected chi connectivity index (χ4v) is 2.70. The topological polar surface area (TPSA) is 64.1 Å². The van der Waals surface area contributed by atoms with Crippen molar-refractivity contribution in [1.82, 2.24) is 10.2 Å². The number of anilines is 1. The van der Waals surface area contributed by atoms with E-state index in [1.807, 2.05) is 32.9 Å². The molecule has 0 atom stereocenters. The molecular formula is C16H21N3O2S. The van der Waals surface area contributed by atoms with Gasteiger partial charge in [-0.1, -0.05) is 48.9 Å². The summed E-state index contributed by atoms with van der Waals surface area (Å²) in [6, 6.07) is 6.18. The number of aryl methyl sites for hydroxylation is 2. The van der Waals surface area contributed by atoms with E-state index in [0.717, 1.165) is 10.6 Å². The molecule has 0 spiro atoms. The smallest absolute Gasteiger partial charge is 0.252 e. The molecule has 6 heteroatoms. The molecule has 1 aromatic heterocycles. The van der Waals surface area contributed by atoms with Crippen LogP contribution in [-0.2, 0) is 16.1 Å². The largest absolute Gasteiger partial charge is 0.367 e. The van der Waals surface area contributed by atoms with E-state index in [4.69, 9.17) is 4.74 Å². The number of carbonyl (C=O) groups is 1. The van der Waals surface area contributed by atoms with Crippen molar-refractivity contribution in [3.63, 3.8) is 0 Å². The Morgan fingerprint density at radius 2 is 2.09 bits per heavy atom. The van der Waals surface area contributed by atoms with Crippen LogP contribution in [-0.4, -0.2) is 22.7 Å². The predicted molar refractivity (Wildman–Crippen MR) is 88.2 cm³/mol. The van der Waals surface area contributed by atoms with E-state index in [-0.39, 0.29) is 12.5 Å². The van der Waals surface area contributed by atoms with Crippen molar-refractivity contribution < 1.29 is 9.53 Å². The summed E-state index contributed by atoms with van der Waals surface area (Å²) in [5.41, 5.74) is 3.48. The zero-order chi connectivity index (χ0) is 16.1. The highest BCUT2D eigenvalue weighted by molar-refractivity contribution is 7.15. The molecule has 1 amide bonds. The Morgan fingerprint density at radius 1 is 1.32 bits per heavy atom. The number of amides is 1. The third kappa shape index (κ3) is 4.61. The van der Waals surface area contributed by atoms with Crippen LogP contribution in [0.25, 0.3) is 0 Å².